The Balaban J connectivity index is 1.91. The molecule has 1 atom stereocenters. The van der Waals surface area contributed by atoms with Gasteiger partial charge in [0, 0.05) is 19.0 Å². The number of hydrogen-bond donors (Lipinski definition) is 1. The molecule has 0 saturated heterocycles. The van der Waals surface area contributed by atoms with Crippen molar-refractivity contribution >= 4 is 5.57 Å². The molecule has 1 aliphatic rings. The third-order valence-electron chi connectivity index (χ3n) is 3.45. The third-order valence-corrected chi connectivity index (χ3v) is 3.45. The van der Waals surface area contributed by atoms with Gasteiger partial charge in [-0.1, -0.05) is 66.7 Å². The molecule has 0 radical (unpaired) electrons. The summed E-state index contributed by atoms with van der Waals surface area (Å²) in [6, 6.07) is 21.3. The second-order valence-corrected chi connectivity index (χ2v) is 4.71. The normalized spacial score (nSPS) is 19.3. The highest BCUT2D eigenvalue weighted by Gasteiger charge is 2.15. The first-order chi connectivity index (χ1) is 8.93. The first-order valence-corrected chi connectivity index (χ1v) is 6.45. The van der Waals surface area contributed by atoms with Gasteiger partial charge in [-0.05, 0) is 16.7 Å². The summed E-state index contributed by atoms with van der Waals surface area (Å²) >= 11 is 0. The smallest absolute Gasteiger partial charge is 0.0208 e. The zero-order valence-corrected chi connectivity index (χ0v) is 10.3. The van der Waals surface area contributed by atoms with E-state index in [9.17, 15) is 0 Å². The Labute approximate surface area is 108 Å². The van der Waals surface area contributed by atoms with E-state index in [1.54, 1.807) is 0 Å². The van der Waals surface area contributed by atoms with Gasteiger partial charge >= 0.3 is 0 Å². The topological polar surface area (TPSA) is 12.0 Å². The molecule has 1 heteroatoms. The maximum atomic E-state index is 3.51. The molecule has 1 unspecified atom stereocenters. The molecule has 90 valence electrons. The lowest BCUT2D eigenvalue weighted by Crippen LogP contribution is -2.27. The van der Waals surface area contributed by atoms with Crippen LogP contribution in [0.5, 0.6) is 0 Å². The number of nitrogens with one attached hydrogen (secondary N) is 1. The van der Waals surface area contributed by atoms with Crippen molar-refractivity contribution in [2.75, 3.05) is 13.1 Å². The standard InChI is InChI=1S/C17H17N/c1-3-7-14(8-4-1)16-11-17(13-18-12-16)15-9-5-2-6-10-15/h1-11,16,18H,12-13H2. The van der Waals surface area contributed by atoms with Crippen LogP contribution in [-0.4, -0.2) is 13.1 Å². The SMILES string of the molecule is C1=C(c2ccccc2)CNCC1c1ccccc1. The Morgan fingerprint density at radius 3 is 2.22 bits per heavy atom. The minimum Gasteiger partial charge on any atom is -0.312 e. The van der Waals surface area contributed by atoms with Crippen LogP contribution >= 0.6 is 0 Å². The van der Waals surface area contributed by atoms with Crippen molar-refractivity contribution in [1.29, 1.82) is 0 Å². The Kier molecular flexibility index (Phi) is 3.24. The van der Waals surface area contributed by atoms with Crippen molar-refractivity contribution in [3.05, 3.63) is 77.9 Å². The highest BCUT2D eigenvalue weighted by atomic mass is 14.9. The predicted molar refractivity (Wildman–Crippen MR) is 76.5 cm³/mol. The summed E-state index contributed by atoms with van der Waals surface area (Å²) < 4.78 is 0. The molecule has 0 saturated carbocycles. The molecule has 1 aliphatic heterocycles. The Morgan fingerprint density at radius 1 is 0.833 bits per heavy atom. The van der Waals surface area contributed by atoms with Crippen LogP contribution in [0.25, 0.3) is 5.57 Å². The van der Waals surface area contributed by atoms with Crippen LogP contribution in [-0.2, 0) is 0 Å². The molecule has 2 aromatic rings. The van der Waals surface area contributed by atoms with E-state index < -0.39 is 0 Å². The molecule has 1 heterocycles. The second-order valence-electron chi connectivity index (χ2n) is 4.71. The average molecular weight is 235 g/mol. The van der Waals surface area contributed by atoms with Gasteiger partial charge in [-0.2, -0.15) is 0 Å². The van der Waals surface area contributed by atoms with Crippen molar-refractivity contribution in [3.8, 4) is 0 Å². The fourth-order valence-corrected chi connectivity index (χ4v) is 2.49. The lowest BCUT2D eigenvalue weighted by atomic mass is 9.91. The molecule has 0 spiro atoms. The van der Waals surface area contributed by atoms with Gasteiger partial charge in [0.15, 0.2) is 0 Å². The zero-order valence-electron chi connectivity index (χ0n) is 10.3. The summed E-state index contributed by atoms with van der Waals surface area (Å²) in [6.45, 7) is 1.99. The second kappa shape index (κ2) is 5.19. The van der Waals surface area contributed by atoms with Crippen molar-refractivity contribution in [2.45, 2.75) is 5.92 Å². The van der Waals surface area contributed by atoms with Crippen LogP contribution in [0.2, 0.25) is 0 Å². The van der Waals surface area contributed by atoms with E-state index in [1.165, 1.54) is 16.7 Å². The van der Waals surface area contributed by atoms with Gasteiger partial charge in [-0.15, -0.1) is 0 Å². The van der Waals surface area contributed by atoms with Crippen LogP contribution < -0.4 is 5.32 Å². The van der Waals surface area contributed by atoms with Crippen LogP contribution in [0.3, 0.4) is 0 Å². The van der Waals surface area contributed by atoms with Crippen molar-refractivity contribution in [2.24, 2.45) is 0 Å². The summed E-state index contributed by atoms with van der Waals surface area (Å²) in [4.78, 5) is 0. The van der Waals surface area contributed by atoms with E-state index >= 15 is 0 Å². The monoisotopic (exact) mass is 235 g/mol. The highest BCUT2D eigenvalue weighted by molar-refractivity contribution is 5.68. The Morgan fingerprint density at radius 2 is 1.50 bits per heavy atom. The van der Waals surface area contributed by atoms with Gasteiger partial charge in [0.1, 0.15) is 0 Å². The lowest BCUT2D eigenvalue weighted by Gasteiger charge is -2.23. The van der Waals surface area contributed by atoms with Gasteiger partial charge in [0.25, 0.3) is 0 Å². The molecule has 1 N–H and O–H groups in total. The molecule has 3 rings (SSSR count). The molecule has 0 aromatic heterocycles. The summed E-state index contributed by atoms with van der Waals surface area (Å²) in [5.41, 5.74) is 4.11. The van der Waals surface area contributed by atoms with Gasteiger partial charge < -0.3 is 5.32 Å². The Bertz CT molecular complexity index is 528. The van der Waals surface area contributed by atoms with E-state index in [0.29, 0.717) is 5.92 Å². The first kappa shape index (κ1) is 11.2. The van der Waals surface area contributed by atoms with Gasteiger partial charge in [0.2, 0.25) is 0 Å². The van der Waals surface area contributed by atoms with E-state index in [4.69, 9.17) is 0 Å². The van der Waals surface area contributed by atoms with Crippen LogP contribution in [0, 0.1) is 0 Å². The largest absolute Gasteiger partial charge is 0.312 e. The molecule has 0 bridgehead atoms. The third kappa shape index (κ3) is 2.36. The van der Waals surface area contributed by atoms with Crippen molar-refractivity contribution in [1.82, 2.24) is 5.32 Å². The number of hydrogen-bond acceptors (Lipinski definition) is 1. The molecule has 0 amide bonds. The van der Waals surface area contributed by atoms with Crippen LogP contribution in [0.15, 0.2) is 66.7 Å². The van der Waals surface area contributed by atoms with Crippen LogP contribution in [0.1, 0.15) is 17.0 Å². The molecule has 1 nitrogen and oxygen atoms in total. The fourth-order valence-electron chi connectivity index (χ4n) is 2.49. The van der Waals surface area contributed by atoms with E-state index in [-0.39, 0.29) is 0 Å². The number of rotatable bonds is 2. The van der Waals surface area contributed by atoms with Crippen molar-refractivity contribution < 1.29 is 0 Å². The van der Waals surface area contributed by atoms with Crippen LogP contribution in [0.4, 0.5) is 0 Å². The zero-order chi connectivity index (χ0) is 12.2. The van der Waals surface area contributed by atoms with E-state index in [2.05, 4.69) is 72.1 Å². The number of benzene rings is 2. The van der Waals surface area contributed by atoms with E-state index in [0.717, 1.165) is 13.1 Å². The van der Waals surface area contributed by atoms with Gasteiger partial charge in [0.05, 0.1) is 0 Å². The fraction of sp³-hybridized carbons (Fsp3) is 0.176. The van der Waals surface area contributed by atoms with Gasteiger partial charge in [-0.25, -0.2) is 0 Å². The summed E-state index contributed by atoms with van der Waals surface area (Å²) in [7, 11) is 0. The Hall–Kier alpha value is -1.86. The minimum absolute atomic E-state index is 0.482. The minimum atomic E-state index is 0.482. The molecular weight excluding hydrogens is 218 g/mol. The molecule has 0 aliphatic carbocycles. The molecule has 0 fully saturated rings. The maximum absolute atomic E-state index is 3.51. The van der Waals surface area contributed by atoms with Gasteiger partial charge in [-0.3, -0.25) is 0 Å². The summed E-state index contributed by atoms with van der Waals surface area (Å²) in [6.07, 6.45) is 2.40. The lowest BCUT2D eigenvalue weighted by molar-refractivity contribution is 0.672. The quantitative estimate of drug-likeness (QED) is 0.840. The predicted octanol–water partition coefficient (Wildman–Crippen LogP) is 3.46. The highest BCUT2D eigenvalue weighted by Crippen LogP contribution is 2.25. The summed E-state index contributed by atoms with van der Waals surface area (Å²) in [5.74, 6) is 0.482. The molecule has 2 aromatic carbocycles. The maximum Gasteiger partial charge on any atom is 0.0208 e. The van der Waals surface area contributed by atoms with E-state index in [1.807, 2.05) is 0 Å². The van der Waals surface area contributed by atoms with Crippen molar-refractivity contribution in [3.63, 3.8) is 0 Å². The molecular formula is C17H17N. The first-order valence-electron chi connectivity index (χ1n) is 6.45. The average Bonchev–Trinajstić information content (AvgIpc) is 2.49. The summed E-state index contributed by atoms with van der Waals surface area (Å²) in [5, 5.41) is 3.51. The molecule has 18 heavy (non-hydrogen) atoms.